The first-order valence-corrected chi connectivity index (χ1v) is 6.86. The van der Waals surface area contributed by atoms with Crippen molar-refractivity contribution in [3.8, 4) is 11.9 Å². The van der Waals surface area contributed by atoms with Gasteiger partial charge in [-0.2, -0.15) is 10.4 Å². The molecule has 0 aliphatic heterocycles. The first-order valence-electron chi connectivity index (χ1n) is 6.06. The average molecular weight is 335 g/mol. The maximum absolute atomic E-state index is 9.12. The van der Waals surface area contributed by atoms with Crippen LogP contribution in [0.1, 0.15) is 16.8 Å². The number of hydrogen-bond acceptors (Lipinski definition) is 4. The summed E-state index contributed by atoms with van der Waals surface area (Å²) in [6.07, 6.45) is 0. The lowest BCUT2D eigenvalue weighted by Crippen LogP contribution is -2.04. The molecule has 1 N–H and O–H groups in total. The number of hydrogen-bond donors (Lipinski definition) is 1. The predicted molar refractivity (Wildman–Crippen MR) is 80.7 cm³/mol. The van der Waals surface area contributed by atoms with E-state index in [0.717, 1.165) is 27.3 Å². The summed E-state index contributed by atoms with van der Waals surface area (Å²) in [5.74, 6) is 0.725. The Hall–Kier alpha value is -2.00. The van der Waals surface area contributed by atoms with Crippen LogP contribution in [0, 0.1) is 18.3 Å². The van der Waals surface area contributed by atoms with E-state index < -0.39 is 0 Å². The van der Waals surface area contributed by atoms with E-state index in [2.05, 4.69) is 32.4 Å². The third-order valence-corrected chi connectivity index (χ3v) is 3.53. The van der Waals surface area contributed by atoms with Gasteiger partial charge in [0.25, 0.3) is 0 Å². The highest BCUT2D eigenvalue weighted by molar-refractivity contribution is 9.10. The second-order valence-corrected chi connectivity index (χ2v) is 5.27. The molecule has 2 aromatic rings. The van der Waals surface area contributed by atoms with E-state index in [1.54, 1.807) is 17.9 Å². The minimum Gasteiger partial charge on any atom is -0.481 e. The van der Waals surface area contributed by atoms with Crippen LogP contribution < -0.4 is 10.1 Å². The molecule has 2 rings (SSSR count). The van der Waals surface area contributed by atoms with Crippen molar-refractivity contribution in [3.05, 3.63) is 39.5 Å². The van der Waals surface area contributed by atoms with Crippen molar-refractivity contribution in [3.63, 3.8) is 0 Å². The second kappa shape index (κ2) is 5.97. The smallest absolute Gasteiger partial charge is 0.216 e. The van der Waals surface area contributed by atoms with Gasteiger partial charge < -0.3 is 10.1 Å². The molecule has 0 spiro atoms. The number of halogens is 1. The lowest BCUT2D eigenvalue weighted by Gasteiger charge is -2.10. The Balaban J connectivity index is 2.26. The SMILES string of the molecule is COc1c(CNc2cc(Br)ccc2C#N)c(C)nn1C. The molecular formula is C14H15BrN4O. The number of nitrogens with zero attached hydrogens (tertiary/aromatic N) is 3. The summed E-state index contributed by atoms with van der Waals surface area (Å²) in [6, 6.07) is 7.68. The van der Waals surface area contributed by atoms with Crippen LogP contribution in [0.2, 0.25) is 0 Å². The van der Waals surface area contributed by atoms with Crippen LogP contribution in [0.5, 0.6) is 5.88 Å². The first kappa shape index (κ1) is 14.4. The number of ether oxygens (including phenoxy) is 1. The maximum Gasteiger partial charge on any atom is 0.216 e. The monoisotopic (exact) mass is 334 g/mol. The first-order chi connectivity index (χ1) is 9.56. The molecule has 0 saturated carbocycles. The summed E-state index contributed by atoms with van der Waals surface area (Å²) in [5.41, 5.74) is 3.28. The molecule has 0 aliphatic carbocycles. The summed E-state index contributed by atoms with van der Waals surface area (Å²) in [5, 5.41) is 16.7. The minimum absolute atomic E-state index is 0.550. The third-order valence-electron chi connectivity index (χ3n) is 3.04. The van der Waals surface area contributed by atoms with Crippen LogP contribution in [-0.2, 0) is 13.6 Å². The summed E-state index contributed by atoms with van der Waals surface area (Å²) in [6.45, 7) is 2.49. The Bertz CT molecular complexity index is 673. The van der Waals surface area contributed by atoms with Crippen LogP contribution in [0.3, 0.4) is 0 Å². The van der Waals surface area contributed by atoms with Crippen LogP contribution in [0.15, 0.2) is 22.7 Å². The van der Waals surface area contributed by atoms with Gasteiger partial charge in [-0.15, -0.1) is 0 Å². The predicted octanol–water partition coefficient (Wildman–Crippen LogP) is 2.98. The van der Waals surface area contributed by atoms with E-state index >= 15 is 0 Å². The molecule has 1 aromatic heterocycles. The lowest BCUT2D eigenvalue weighted by molar-refractivity contribution is 0.370. The molecule has 0 atom stereocenters. The molecule has 104 valence electrons. The van der Waals surface area contributed by atoms with Crippen molar-refractivity contribution in [1.29, 1.82) is 5.26 Å². The highest BCUT2D eigenvalue weighted by atomic mass is 79.9. The van der Waals surface area contributed by atoms with Crippen LogP contribution in [0.25, 0.3) is 0 Å². The Morgan fingerprint density at radius 3 is 2.90 bits per heavy atom. The molecule has 0 saturated heterocycles. The van der Waals surface area contributed by atoms with Crippen molar-refractivity contribution < 1.29 is 4.74 Å². The molecule has 0 bridgehead atoms. The largest absolute Gasteiger partial charge is 0.481 e. The molecule has 0 fully saturated rings. The average Bonchev–Trinajstić information content (AvgIpc) is 2.70. The summed E-state index contributed by atoms with van der Waals surface area (Å²) in [7, 11) is 3.47. The van der Waals surface area contributed by atoms with Crippen molar-refractivity contribution >= 4 is 21.6 Å². The zero-order chi connectivity index (χ0) is 14.7. The van der Waals surface area contributed by atoms with E-state index in [1.807, 2.05) is 26.1 Å². The van der Waals surface area contributed by atoms with E-state index in [9.17, 15) is 0 Å². The Kier molecular flexibility index (Phi) is 4.30. The van der Waals surface area contributed by atoms with Gasteiger partial charge in [-0.05, 0) is 25.1 Å². The highest BCUT2D eigenvalue weighted by Gasteiger charge is 2.14. The van der Waals surface area contributed by atoms with E-state index in [-0.39, 0.29) is 0 Å². The number of methoxy groups -OCH3 is 1. The third kappa shape index (κ3) is 2.78. The summed E-state index contributed by atoms with van der Waals surface area (Å²) < 4.78 is 7.98. The van der Waals surface area contributed by atoms with Gasteiger partial charge in [0.05, 0.1) is 29.6 Å². The fourth-order valence-corrected chi connectivity index (χ4v) is 2.44. The fourth-order valence-electron chi connectivity index (χ4n) is 2.08. The van der Waals surface area contributed by atoms with Crippen molar-refractivity contribution in [2.75, 3.05) is 12.4 Å². The molecule has 0 aliphatic rings. The van der Waals surface area contributed by atoms with Crippen LogP contribution in [-0.4, -0.2) is 16.9 Å². The van der Waals surface area contributed by atoms with Crippen molar-refractivity contribution in [1.82, 2.24) is 9.78 Å². The molecule has 1 heterocycles. The summed E-state index contributed by atoms with van der Waals surface area (Å²) >= 11 is 3.41. The quantitative estimate of drug-likeness (QED) is 0.933. The Morgan fingerprint density at radius 1 is 1.50 bits per heavy atom. The Morgan fingerprint density at radius 2 is 2.25 bits per heavy atom. The number of nitriles is 1. The second-order valence-electron chi connectivity index (χ2n) is 4.35. The van der Waals surface area contributed by atoms with E-state index in [4.69, 9.17) is 10.00 Å². The number of aromatic nitrogens is 2. The molecular weight excluding hydrogens is 320 g/mol. The molecule has 0 radical (unpaired) electrons. The molecule has 0 amide bonds. The van der Waals surface area contributed by atoms with Gasteiger partial charge >= 0.3 is 0 Å². The normalized spacial score (nSPS) is 10.2. The highest BCUT2D eigenvalue weighted by Crippen LogP contribution is 2.25. The number of aryl methyl sites for hydroxylation is 2. The van der Waals surface area contributed by atoms with Crippen molar-refractivity contribution in [2.45, 2.75) is 13.5 Å². The van der Waals surface area contributed by atoms with Gasteiger partial charge in [-0.1, -0.05) is 15.9 Å². The number of rotatable bonds is 4. The van der Waals surface area contributed by atoms with Gasteiger partial charge in [-0.3, -0.25) is 0 Å². The van der Waals surface area contributed by atoms with Gasteiger partial charge in [0, 0.05) is 18.1 Å². The molecule has 6 heteroatoms. The zero-order valence-electron chi connectivity index (χ0n) is 11.6. The molecule has 0 unspecified atom stereocenters. The van der Waals surface area contributed by atoms with Gasteiger partial charge in [0.1, 0.15) is 6.07 Å². The standard InChI is InChI=1S/C14H15BrN4O/c1-9-12(14(20-3)19(2)18-9)8-17-13-6-11(15)5-4-10(13)7-16/h4-6,17H,8H2,1-3H3. The zero-order valence-corrected chi connectivity index (χ0v) is 13.2. The lowest BCUT2D eigenvalue weighted by atomic mass is 10.2. The minimum atomic E-state index is 0.550. The van der Waals surface area contributed by atoms with E-state index in [0.29, 0.717) is 12.1 Å². The van der Waals surface area contributed by atoms with Gasteiger partial charge in [0.2, 0.25) is 5.88 Å². The van der Waals surface area contributed by atoms with Crippen LogP contribution in [0.4, 0.5) is 5.69 Å². The number of benzene rings is 1. The molecule has 20 heavy (non-hydrogen) atoms. The molecule has 1 aromatic carbocycles. The topological polar surface area (TPSA) is 62.9 Å². The maximum atomic E-state index is 9.12. The van der Waals surface area contributed by atoms with Gasteiger partial charge in [0.15, 0.2) is 0 Å². The number of anilines is 1. The number of nitrogens with one attached hydrogen (secondary N) is 1. The molecule has 5 nitrogen and oxygen atoms in total. The summed E-state index contributed by atoms with van der Waals surface area (Å²) in [4.78, 5) is 0. The van der Waals surface area contributed by atoms with Crippen molar-refractivity contribution in [2.24, 2.45) is 7.05 Å². The Labute approximate surface area is 126 Å². The van der Waals surface area contributed by atoms with Crippen LogP contribution >= 0.6 is 15.9 Å². The van der Waals surface area contributed by atoms with E-state index in [1.165, 1.54) is 0 Å². The fraction of sp³-hybridized carbons (Fsp3) is 0.286. The van der Waals surface area contributed by atoms with Gasteiger partial charge in [-0.25, -0.2) is 4.68 Å².